The molecule has 19 nitrogen and oxygen atoms in total. The van der Waals surface area contributed by atoms with Crippen LogP contribution in [0.25, 0.3) is 0 Å². The van der Waals surface area contributed by atoms with Gasteiger partial charge in [-0.1, -0.05) is 26.8 Å². The first kappa shape index (κ1) is 47.6. The smallest absolute Gasteiger partial charge is 0.309 e. The van der Waals surface area contributed by atoms with Gasteiger partial charge < -0.3 is 84.2 Å². The monoisotopic (exact) mass is 862 g/mol. The molecule has 6 aliphatic rings. The molecule has 344 valence electrons. The zero-order valence-electron chi connectivity index (χ0n) is 34.9. The average molecular weight is 863 g/mol. The van der Waals surface area contributed by atoms with E-state index in [0.29, 0.717) is 44.1 Å². The van der Waals surface area contributed by atoms with E-state index < -0.39 is 140 Å². The fourth-order valence-corrected chi connectivity index (χ4v) is 11.9. The van der Waals surface area contributed by atoms with Crippen molar-refractivity contribution in [1.29, 1.82) is 0 Å². The minimum atomic E-state index is -1.95. The number of rotatable bonds is 12. The fraction of sp³-hybridized carbons (Fsp3) is 0.902. The molecule has 0 aromatic carbocycles. The van der Waals surface area contributed by atoms with E-state index in [1.165, 1.54) is 0 Å². The minimum absolute atomic E-state index is 0.0450. The van der Waals surface area contributed by atoms with Gasteiger partial charge in [-0.3, -0.25) is 9.59 Å². The van der Waals surface area contributed by atoms with Crippen molar-refractivity contribution in [2.45, 2.75) is 184 Å². The molecule has 0 spiro atoms. The zero-order chi connectivity index (χ0) is 44.3. The molecular weight excluding hydrogens is 796 g/mol. The number of hydrogen-bond acceptors (Lipinski definition) is 18. The summed E-state index contributed by atoms with van der Waals surface area (Å²) in [6, 6.07) is 0. The largest absolute Gasteiger partial charge is 0.481 e. The molecular formula is C41H66O19. The van der Waals surface area contributed by atoms with Crippen LogP contribution in [0.15, 0.2) is 12.2 Å². The normalized spacial score (nSPS) is 50.9. The molecule has 0 radical (unpaired) electrons. The van der Waals surface area contributed by atoms with Gasteiger partial charge in [-0.25, -0.2) is 0 Å². The Labute approximate surface area is 349 Å². The van der Waals surface area contributed by atoms with Crippen molar-refractivity contribution in [1.82, 2.24) is 0 Å². The number of carboxylic acids is 1. The van der Waals surface area contributed by atoms with Crippen LogP contribution < -0.4 is 0 Å². The van der Waals surface area contributed by atoms with E-state index in [1.54, 1.807) is 6.92 Å². The Morgan fingerprint density at radius 2 is 1.20 bits per heavy atom. The van der Waals surface area contributed by atoms with Crippen LogP contribution in [0.3, 0.4) is 0 Å². The molecule has 15 unspecified atom stereocenters. The van der Waals surface area contributed by atoms with Crippen molar-refractivity contribution < 1.29 is 93.8 Å². The van der Waals surface area contributed by atoms with Crippen molar-refractivity contribution in [3.63, 3.8) is 0 Å². The third-order valence-electron chi connectivity index (χ3n) is 15.1. The number of carbonyl (C=O) groups is 2. The van der Waals surface area contributed by atoms with Gasteiger partial charge in [0.25, 0.3) is 0 Å². The third-order valence-corrected chi connectivity index (χ3v) is 15.1. The number of carbonyl (C=O) groups excluding carboxylic acids is 1. The van der Waals surface area contributed by atoms with Crippen LogP contribution >= 0.6 is 0 Å². The summed E-state index contributed by atoms with van der Waals surface area (Å²) in [5.74, 6) is -1.62. The summed E-state index contributed by atoms with van der Waals surface area (Å²) < 4.78 is 42.6. The Balaban J connectivity index is 1.39. The molecule has 3 heterocycles. The van der Waals surface area contributed by atoms with E-state index in [-0.39, 0.29) is 17.3 Å². The molecule has 19 heteroatoms. The van der Waals surface area contributed by atoms with E-state index in [2.05, 4.69) is 20.4 Å². The number of fused-ring (bicyclic) bond motifs is 3. The second-order valence-electron chi connectivity index (χ2n) is 18.9. The summed E-state index contributed by atoms with van der Waals surface area (Å²) in [6.07, 6.45) is -20.7. The summed E-state index contributed by atoms with van der Waals surface area (Å²) in [7, 11) is 0. The van der Waals surface area contributed by atoms with E-state index in [9.17, 15) is 60.7 Å². The SMILES string of the molecule is C=C(C)[C@]1(OC2OC(CO)C(O)C(OC3OC(CO)C(O)C(O)C3O)C2OC2OC(CO)C(O)C(O)C2OC(C)=O)CC[C@@H]2[C@@](C)(CC[C@H]3[C@@]2(C)CCC[C@@]3(C)C(=O)O)C1. The molecule has 60 heavy (non-hydrogen) atoms. The van der Waals surface area contributed by atoms with Gasteiger partial charge in [-0.05, 0) is 87.0 Å². The number of hydrogen-bond donors (Lipinski definition) is 10. The molecule has 0 aromatic rings. The summed E-state index contributed by atoms with van der Waals surface area (Å²) in [4.78, 5) is 25.0. The van der Waals surface area contributed by atoms with Crippen LogP contribution in [0.5, 0.6) is 0 Å². The average Bonchev–Trinajstić information content (AvgIpc) is 3.18. The topological polar surface area (TPSA) is 301 Å². The molecule has 21 atom stereocenters. The molecule has 3 saturated heterocycles. The maximum Gasteiger partial charge on any atom is 0.309 e. The number of aliphatic carboxylic acids is 1. The van der Waals surface area contributed by atoms with Crippen LogP contribution in [-0.2, 0) is 42.7 Å². The van der Waals surface area contributed by atoms with Crippen LogP contribution in [0.2, 0.25) is 0 Å². The second-order valence-corrected chi connectivity index (χ2v) is 18.9. The van der Waals surface area contributed by atoms with Gasteiger partial charge in [0.1, 0.15) is 67.1 Å². The lowest BCUT2D eigenvalue weighted by atomic mass is 9.40. The highest BCUT2D eigenvalue weighted by atomic mass is 16.8. The Kier molecular flexibility index (Phi) is 14.2. The first-order valence-corrected chi connectivity index (χ1v) is 21.0. The lowest BCUT2D eigenvalue weighted by molar-refractivity contribution is -0.401. The van der Waals surface area contributed by atoms with Crippen molar-refractivity contribution in [2.24, 2.45) is 28.1 Å². The first-order valence-electron chi connectivity index (χ1n) is 21.0. The quantitative estimate of drug-likeness (QED) is 0.0628. The van der Waals surface area contributed by atoms with E-state index in [4.69, 9.17) is 33.2 Å². The highest BCUT2D eigenvalue weighted by Crippen LogP contribution is 2.69. The van der Waals surface area contributed by atoms with Gasteiger partial charge in [-0.2, -0.15) is 0 Å². The molecule has 0 bridgehead atoms. The van der Waals surface area contributed by atoms with Gasteiger partial charge >= 0.3 is 11.9 Å². The van der Waals surface area contributed by atoms with E-state index >= 15 is 0 Å². The molecule has 10 N–H and O–H groups in total. The molecule has 3 aliphatic carbocycles. The van der Waals surface area contributed by atoms with Crippen LogP contribution in [-0.4, -0.2) is 181 Å². The lowest BCUT2D eigenvalue weighted by Gasteiger charge is -2.65. The van der Waals surface area contributed by atoms with E-state index in [1.807, 2.05) is 6.92 Å². The Bertz CT molecular complexity index is 1550. The summed E-state index contributed by atoms with van der Waals surface area (Å²) >= 11 is 0. The third kappa shape index (κ3) is 8.31. The zero-order valence-corrected chi connectivity index (χ0v) is 34.9. The molecule has 0 aromatic heterocycles. The van der Waals surface area contributed by atoms with Gasteiger partial charge in [-0.15, -0.1) is 0 Å². The molecule has 0 amide bonds. The van der Waals surface area contributed by atoms with Crippen LogP contribution in [0.1, 0.15) is 86.0 Å². The van der Waals surface area contributed by atoms with E-state index in [0.717, 1.165) is 19.8 Å². The van der Waals surface area contributed by atoms with Crippen LogP contribution in [0, 0.1) is 28.1 Å². The molecule has 3 saturated carbocycles. The number of aliphatic hydroxyl groups excluding tert-OH is 9. The van der Waals surface area contributed by atoms with Gasteiger partial charge in [0.2, 0.25) is 0 Å². The van der Waals surface area contributed by atoms with Crippen molar-refractivity contribution in [3.05, 3.63) is 12.2 Å². The predicted octanol–water partition coefficient (Wildman–Crippen LogP) is -1.17. The second kappa shape index (κ2) is 17.9. The number of ether oxygens (including phenoxy) is 7. The van der Waals surface area contributed by atoms with Crippen LogP contribution in [0.4, 0.5) is 0 Å². The van der Waals surface area contributed by atoms with Crippen molar-refractivity contribution in [2.75, 3.05) is 19.8 Å². The Hall–Kier alpha value is -1.92. The lowest BCUT2D eigenvalue weighted by Crippen LogP contribution is -2.68. The Morgan fingerprint density at radius 3 is 1.78 bits per heavy atom. The van der Waals surface area contributed by atoms with Gasteiger partial charge in [0.15, 0.2) is 25.0 Å². The fourth-order valence-electron chi connectivity index (χ4n) is 11.9. The highest BCUT2D eigenvalue weighted by molar-refractivity contribution is 5.75. The maximum absolute atomic E-state index is 12.7. The van der Waals surface area contributed by atoms with Crippen molar-refractivity contribution in [3.8, 4) is 0 Å². The molecule has 3 aliphatic heterocycles. The number of carboxylic acid groups (broad SMARTS) is 1. The minimum Gasteiger partial charge on any atom is -0.481 e. The maximum atomic E-state index is 12.7. The van der Waals surface area contributed by atoms with Gasteiger partial charge in [0.05, 0.1) is 30.8 Å². The Morgan fingerprint density at radius 1 is 0.650 bits per heavy atom. The summed E-state index contributed by atoms with van der Waals surface area (Å²) in [5, 5.41) is 106. The van der Waals surface area contributed by atoms with Gasteiger partial charge in [0, 0.05) is 6.92 Å². The standard InChI is InChI=1S/C41H66O19/c1-18(2)41(13-9-23-38(4,17-41)12-8-24-39(23,5)10-7-11-40(24,6)37(52)53)60-36-33(59-35-32(54-19(3)45)29(50)26(47)21(15-43)56-35)31(27(48)22(16-44)57-36)58-34-30(51)28(49)25(46)20(14-42)55-34/h20-36,42-44,46-51H,1,7-17H2,2-6H3,(H,52,53)/t20?,21?,22?,23-,24+,25?,26?,27?,28?,29?,30?,31?,32?,33?,34?,35?,36?,38+,39+,40-,41+/m1/s1. The number of esters is 1. The molecule has 6 fully saturated rings. The highest BCUT2D eigenvalue weighted by Gasteiger charge is 2.65. The number of aliphatic hydroxyl groups is 9. The molecule has 6 rings (SSSR count). The first-order chi connectivity index (χ1) is 28.1. The van der Waals surface area contributed by atoms with Crippen molar-refractivity contribution >= 4 is 11.9 Å². The predicted molar refractivity (Wildman–Crippen MR) is 203 cm³/mol. The summed E-state index contributed by atoms with van der Waals surface area (Å²) in [5.41, 5.74) is -2.13. The summed E-state index contributed by atoms with van der Waals surface area (Å²) in [6.45, 7) is 11.0.